The van der Waals surface area contributed by atoms with E-state index < -0.39 is 5.54 Å². The number of allylic oxidation sites excluding steroid dienone is 1. The van der Waals surface area contributed by atoms with E-state index >= 15 is 0 Å². The predicted molar refractivity (Wildman–Crippen MR) is 139 cm³/mol. The summed E-state index contributed by atoms with van der Waals surface area (Å²) in [6.45, 7) is 25.9. The first-order chi connectivity index (χ1) is 14.6. The molecule has 5 heteroatoms. The fraction of sp³-hybridized carbons (Fsp3) is 0.778. The lowest BCUT2D eigenvalue weighted by atomic mass is 9.64. The zero-order chi connectivity index (χ0) is 24.9. The fourth-order valence-electron chi connectivity index (χ4n) is 4.38. The van der Waals surface area contributed by atoms with Crippen LogP contribution < -0.4 is 5.73 Å². The maximum Gasteiger partial charge on any atom is 0.233 e. The summed E-state index contributed by atoms with van der Waals surface area (Å²) in [6.07, 6.45) is 5.90. The van der Waals surface area contributed by atoms with Crippen LogP contribution in [0.5, 0.6) is 0 Å². The highest BCUT2D eigenvalue weighted by atomic mass is 32.2. The molecule has 1 saturated heterocycles. The molecule has 0 aromatic carbocycles. The van der Waals surface area contributed by atoms with Crippen molar-refractivity contribution >= 4 is 23.6 Å². The number of nitrogens with zero attached hydrogens (tertiary/aromatic N) is 1. The Morgan fingerprint density at radius 1 is 1.22 bits per heavy atom. The van der Waals surface area contributed by atoms with Crippen LogP contribution in [0.15, 0.2) is 24.1 Å². The quantitative estimate of drug-likeness (QED) is 0.252. The Morgan fingerprint density at radius 2 is 1.81 bits per heavy atom. The van der Waals surface area contributed by atoms with E-state index in [4.69, 9.17) is 5.73 Å². The monoisotopic (exact) mass is 464 g/mol. The normalized spacial score (nSPS) is 21.4. The van der Waals surface area contributed by atoms with Crippen LogP contribution in [0.25, 0.3) is 0 Å². The fourth-order valence-corrected chi connectivity index (χ4v) is 5.04. The van der Waals surface area contributed by atoms with Gasteiger partial charge in [-0.15, -0.1) is 11.8 Å². The molecule has 0 aliphatic carbocycles. The van der Waals surface area contributed by atoms with Crippen molar-refractivity contribution in [2.75, 3.05) is 12.3 Å². The Labute approximate surface area is 201 Å². The van der Waals surface area contributed by atoms with Gasteiger partial charge in [-0.25, -0.2) is 0 Å². The summed E-state index contributed by atoms with van der Waals surface area (Å²) in [7, 11) is 0. The summed E-state index contributed by atoms with van der Waals surface area (Å²) in [5, 5.41) is 0. The van der Waals surface area contributed by atoms with E-state index in [1.807, 2.05) is 0 Å². The van der Waals surface area contributed by atoms with Crippen LogP contribution >= 0.6 is 11.8 Å². The van der Waals surface area contributed by atoms with Gasteiger partial charge in [-0.3, -0.25) is 14.5 Å². The Bertz CT molecular complexity index is 690. The molecule has 2 amide bonds. The zero-order valence-corrected chi connectivity index (χ0v) is 22.7. The lowest BCUT2D eigenvalue weighted by Crippen LogP contribution is -2.50. The number of amides is 2. The maximum atomic E-state index is 13.4. The standard InChI is InChI=1S/C27H48N2O2S/c1-11-20(4)32-16-15-29-23(30)18-21(24(29)31)22(27(10,28)12-2)17-19(3)26(8,9)14-13-25(5,6)7/h11,19,21-22H,1,4,12-18,28H2,2-3,5-10H3. The number of nitrogens with two attached hydrogens (primary N) is 1. The Balaban J connectivity index is 3.00. The molecule has 2 N–H and O–H groups in total. The number of likely N-dealkylation sites (tertiary alicyclic amines) is 1. The van der Waals surface area contributed by atoms with Crippen LogP contribution in [0.2, 0.25) is 0 Å². The van der Waals surface area contributed by atoms with Gasteiger partial charge in [0.05, 0.1) is 5.92 Å². The molecule has 0 spiro atoms. The third kappa shape index (κ3) is 8.06. The molecule has 4 unspecified atom stereocenters. The number of thioether (sulfide) groups is 1. The molecule has 0 radical (unpaired) electrons. The van der Waals surface area contributed by atoms with Crippen LogP contribution in [0.4, 0.5) is 0 Å². The van der Waals surface area contributed by atoms with E-state index in [1.165, 1.54) is 16.7 Å². The second-order valence-electron chi connectivity index (χ2n) is 11.9. The van der Waals surface area contributed by atoms with Gasteiger partial charge in [0.15, 0.2) is 0 Å². The summed E-state index contributed by atoms with van der Waals surface area (Å²) < 4.78 is 0. The van der Waals surface area contributed by atoms with E-state index in [9.17, 15) is 9.59 Å². The minimum absolute atomic E-state index is 0.0198. The van der Waals surface area contributed by atoms with Crippen molar-refractivity contribution in [1.29, 1.82) is 0 Å². The highest BCUT2D eigenvalue weighted by Gasteiger charge is 2.48. The Hall–Kier alpha value is -1.07. The Morgan fingerprint density at radius 3 is 2.31 bits per heavy atom. The molecule has 0 aromatic rings. The van der Waals surface area contributed by atoms with Gasteiger partial charge in [0.25, 0.3) is 0 Å². The van der Waals surface area contributed by atoms with Gasteiger partial charge in [0.1, 0.15) is 0 Å². The molecular weight excluding hydrogens is 416 g/mol. The molecule has 4 atom stereocenters. The van der Waals surface area contributed by atoms with Crippen LogP contribution in [-0.4, -0.2) is 34.6 Å². The minimum atomic E-state index is -0.489. The molecule has 0 aromatic heterocycles. The van der Waals surface area contributed by atoms with Crippen LogP contribution in [0.3, 0.4) is 0 Å². The van der Waals surface area contributed by atoms with E-state index in [1.54, 1.807) is 6.08 Å². The molecule has 184 valence electrons. The number of imide groups is 1. The lowest BCUT2D eigenvalue weighted by molar-refractivity contribution is -0.140. The lowest BCUT2D eigenvalue weighted by Gasteiger charge is -2.42. The van der Waals surface area contributed by atoms with Gasteiger partial charge in [0.2, 0.25) is 11.8 Å². The third-order valence-corrected chi connectivity index (χ3v) is 8.59. The van der Waals surface area contributed by atoms with Gasteiger partial charge in [0, 0.05) is 24.3 Å². The van der Waals surface area contributed by atoms with Gasteiger partial charge in [-0.05, 0) is 60.2 Å². The molecule has 4 nitrogen and oxygen atoms in total. The number of hydrogen-bond acceptors (Lipinski definition) is 4. The Kier molecular flexibility index (Phi) is 10.3. The van der Waals surface area contributed by atoms with Crippen LogP contribution in [-0.2, 0) is 9.59 Å². The molecule has 1 heterocycles. The molecule has 1 aliphatic heterocycles. The largest absolute Gasteiger partial charge is 0.325 e. The van der Waals surface area contributed by atoms with Gasteiger partial charge in [-0.1, -0.05) is 67.7 Å². The molecule has 0 bridgehead atoms. The van der Waals surface area contributed by atoms with E-state index in [2.05, 4.69) is 68.5 Å². The molecule has 1 fully saturated rings. The van der Waals surface area contributed by atoms with Crippen molar-refractivity contribution in [3.8, 4) is 0 Å². The van der Waals surface area contributed by atoms with E-state index in [0.29, 0.717) is 23.6 Å². The predicted octanol–water partition coefficient (Wildman–Crippen LogP) is 6.42. The molecule has 1 aliphatic rings. The molecule has 0 saturated carbocycles. The van der Waals surface area contributed by atoms with Crippen molar-refractivity contribution in [2.24, 2.45) is 34.3 Å². The summed E-state index contributed by atoms with van der Waals surface area (Å²) in [5.41, 5.74) is 6.73. The van der Waals surface area contributed by atoms with E-state index in [-0.39, 0.29) is 35.5 Å². The number of hydrogen-bond donors (Lipinski definition) is 1. The van der Waals surface area contributed by atoms with Crippen LogP contribution in [0, 0.1) is 28.6 Å². The van der Waals surface area contributed by atoms with Crippen LogP contribution in [0.1, 0.15) is 87.5 Å². The number of carbonyl (C=O) groups is 2. The van der Waals surface area contributed by atoms with Crippen molar-refractivity contribution < 1.29 is 9.59 Å². The molecule has 32 heavy (non-hydrogen) atoms. The topological polar surface area (TPSA) is 63.4 Å². The summed E-state index contributed by atoms with van der Waals surface area (Å²) in [6, 6.07) is 0. The first kappa shape index (κ1) is 29.0. The summed E-state index contributed by atoms with van der Waals surface area (Å²) >= 11 is 1.53. The van der Waals surface area contributed by atoms with Crippen molar-refractivity contribution in [3.05, 3.63) is 24.1 Å². The van der Waals surface area contributed by atoms with Crippen molar-refractivity contribution in [3.63, 3.8) is 0 Å². The highest BCUT2D eigenvalue weighted by Crippen LogP contribution is 2.44. The second kappa shape index (κ2) is 11.4. The zero-order valence-electron chi connectivity index (χ0n) is 21.9. The minimum Gasteiger partial charge on any atom is -0.325 e. The number of carbonyl (C=O) groups excluding carboxylic acids is 2. The smallest absolute Gasteiger partial charge is 0.233 e. The van der Waals surface area contributed by atoms with Crippen molar-refractivity contribution in [2.45, 2.75) is 93.0 Å². The average Bonchev–Trinajstić information content (AvgIpc) is 2.97. The SMILES string of the molecule is C=CC(=C)SCCN1C(=O)CC(C(CC(C)C(C)(C)CCC(C)(C)C)C(C)(N)CC)C1=O. The van der Waals surface area contributed by atoms with E-state index in [0.717, 1.165) is 30.6 Å². The molecule has 1 rings (SSSR count). The highest BCUT2D eigenvalue weighted by molar-refractivity contribution is 8.03. The first-order valence-corrected chi connectivity index (χ1v) is 13.1. The number of rotatable bonds is 13. The van der Waals surface area contributed by atoms with Crippen molar-refractivity contribution in [1.82, 2.24) is 4.90 Å². The molecular formula is C27H48N2O2S. The first-order valence-electron chi connectivity index (χ1n) is 12.1. The second-order valence-corrected chi connectivity index (χ2v) is 13.1. The van der Waals surface area contributed by atoms with Gasteiger partial charge in [-0.2, -0.15) is 0 Å². The average molecular weight is 465 g/mol. The van der Waals surface area contributed by atoms with Gasteiger partial charge >= 0.3 is 0 Å². The summed E-state index contributed by atoms with van der Waals surface area (Å²) in [5.74, 6) is 0.576. The summed E-state index contributed by atoms with van der Waals surface area (Å²) in [4.78, 5) is 28.4. The van der Waals surface area contributed by atoms with Gasteiger partial charge < -0.3 is 5.73 Å². The maximum absolute atomic E-state index is 13.4. The third-order valence-electron chi connectivity index (χ3n) is 7.66.